The Morgan fingerprint density at radius 1 is 1.14 bits per heavy atom. The average Bonchev–Trinajstić information content (AvgIpc) is 2.21. The van der Waals surface area contributed by atoms with Crippen molar-refractivity contribution >= 4 is 0 Å². The zero-order valence-corrected chi connectivity index (χ0v) is 10.9. The first-order valence-electron chi connectivity index (χ1n) is 6.30. The molecular weight excluding hydrogens is 168 g/mol. The largest absolute Gasteiger partial charge is 0.0848 e. The summed E-state index contributed by atoms with van der Waals surface area (Å²) in [5.41, 5.74) is 1.69. The van der Waals surface area contributed by atoms with Crippen LogP contribution in [0.3, 0.4) is 0 Å². The third-order valence-electron chi connectivity index (χ3n) is 3.17. The van der Waals surface area contributed by atoms with E-state index < -0.39 is 0 Å². The van der Waals surface area contributed by atoms with E-state index in [-0.39, 0.29) is 0 Å². The molecule has 0 aromatic heterocycles. The summed E-state index contributed by atoms with van der Waals surface area (Å²) in [5.74, 6) is 2.60. The second-order valence-corrected chi connectivity index (χ2v) is 4.71. The highest BCUT2D eigenvalue weighted by Crippen LogP contribution is 2.31. The summed E-state index contributed by atoms with van der Waals surface area (Å²) >= 11 is 0. The third-order valence-corrected chi connectivity index (χ3v) is 3.17. The quantitative estimate of drug-likeness (QED) is 0.542. The van der Waals surface area contributed by atoms with Crippen LogP contribution in [0.4, 0.5) is 0 Å². The Labute approximate surface area is 90.8 Å². The maximum atomic E-state index is 2.48. The second-order valence-electron chi connectivity index (χ2n) is 4.71. The summed E-state index contributed by atoms with van der Waals surface area (Å²) in [6.45, 7) is 13.3. The van der Waals surface area contributed by atoms with Crippen LogP contribution in [-0.2, 0) is 0 Å². The summed E-state index contributed by atoms with van der Waals surface area (Å²) < 4.78 is 0. The minimum absolute atomic E-state index is 0.776. The Balaban J connectivity index is 0.000000791. The van der Waals surface area contributed by atoms with Crippen LogP contribution in [-0.4, -0.2) is 0 Å². The van der Waals surface area contributed by atoms with E-state index in [9.17, 15) is 0 Å². The van der Waals surface area contributed by atoms with Crippen molar-refractivity contribution in [1.29, 1.82) is 0 Å². The summed E-state index contributed by atoms with van der Waals surface area (Å²) in [5, 5.41) is 0. The molecule has 0 amide bonds. The molecule has 0 saturated carbocycles. The van der Waals surface area contributed by atoms with Gasteiger partial charge in [-0.3, -0.25) is 0 Å². The molecule has 1 atom stereocenters. The van der Waals surface area contributed by atoms with Crippen molar-refractivity contribution in [3.8, 4) is 0 Å². The molecular formula is C14H28. The van der Waals surface area contributed by atoms with E-state index in [0.29, 0.717) is 0 Å². The Kier molecular flexibility index (Phi) is 6.96. The first-order valence-corrected chi connectivity index (χ1v) is 6.30. The fraction of sp³-hybridized carbons (Fsp3) is 0.857. The third kappa shape index (κ3) is 4.30. The molecule has 1 aliphatic rings. The van der Waals surface area contributed by atoms with Crippen molar-refractivity contribution in [3.63, 3.8) is 0 Å². The predicted octanol–water partition coefficient (Wildman–Crippen LogP) is 5.05. The predicted molar refractivity (Wildman–Crippen MR) is 66.4 cm³/mol. The summed E-state index contributed by atoms with van der Waals surface area (Å²) in [6.07, 6.45) is 6.58. The van der Waals surface area contributed by atoms with Crippen LogP contribution in [0.15, 0.2) is 11.6 Å². The van der Waals surface area contributed by atoms with Crippen LogP contribution in [0.25, 0.3) is 0 Å². The lowest BCUT2D eigenvalue weighted by atomic mass is 9.80. The Morgan fingerprint density at radius 3 is 2.00 bits per heavy atom. The van der Waals surface area contributed by atoms with Gasteiger partial charge in [-0.1, -0.05) is 53.2 Å². The van der Waals surface area contributed by atoms with E-state index in [0.717, 1.165) is 17.8 Å². The van der Waals surface area contributed by atoms with Crippen molar-refractivity contribution in [1.82, 2.24) is 0 Å². The van der Waals surface area contributed by atoms with Crippen LogP contribution in [0.5, 0.6) is 0 Å². The van der Waals surface area contributed by atoms with Gasteiger partial charge in [-0.25, -0.2) is 0 Å². The smallest absolute Gasteiger partial charge is 0.0260 e. The van der Waals surface area contributed by atoms with Gasteiger partial charge >= 0.3 is 0 Å². The summed E-state index contributed by atoms with van der Waals surface area (Å²) in [6, 6.07) is 0. The van der Waals surface area contributed by atoms with Crippen molar-refractivity contribution in [2.24, 2.45) is 17.8 Å². The number of rotatable bonds is 2. The highest BCUT2D eigenvalue weighted by atomic mass is 14.2. The molecule has 1 unspecified atom stereocenters. The molecule has 0 heteroatoms. The van der Waals surface area contributed by atoms with Gasteiger partial charge in [-0.2, -0.15) is 0 Å². The summed E-state index contributed by atoms with van der Waals surface area (Å²) in [7, 11) is 0. The van der Waals surface area contributed by atoms with Gasteiger partial charge < -0.3 is 0 Å². The average molecular weight is 196 g/mol. The lowest BCUT2D eigenvalue weighted by Crippen LogP contribution is -2.13. The van der Waals surface area contributed by atoms with E-state index in [1.54, 1.807) is 5.57 Å². The maximum Gasteiger partial charge on any atom is -0.0260 e. The minimum atomic E-state index is 0.776. The van der Waals surface area contributed by atoms with Crippen molar-refractivity contribution < 1.29 is 0 Å². The fourth-order valence-corrected chi connectivity index (χ4v) is 2.00. The van der Waals surface area contributed by atoms with Gasteiger partial charge in [0.1, 0.15) is 0 Å². The van der Waals surface area contributed by atoms with Gasteiger partial charge in [-0.15, -0.1) is 0 Å². The lowest BCUT2D eigenvalue weighted by molar-refractivity contribution is 0.344. The van der Waals surface area contributed by atoms with Crippen molar-refractivity contribution in [3.05, 3.63) is 11.6 Å². The van der Waals surface area contributed by atoms with Crippen LogP contribution >= 0.6 is 0 Å². The molecule has 0 spiro atoms. The standard InChI is InChI=1S/C12H22.C2H6/c1-9(2)11-5-7-12(8-6-11)10(3)4;1-2/h5,9-10,12H,6-8H2,1-4H3;1-2H3. The molecule has 0 aliphatic heterocycles. The molecule has 14 heavy (non-hydrogen) atoms. The molecule has 0 fully saturated rings. The van der Waals surface area contributed by atoms with Gasteiger partial charge in [0.15, 0.2) is 0 Å². The van der Waals surface area contributed by atoms with E-state index in [2.05, 4.69) is 33.8 Å². The molecule has 0 bridgehead atoms. The molecule has 0 heterocycles. The van der Waals surface area contributed by atoms with Gasteiger partial charge in [-0.05, 0) is 37.0 Å². The molecule has 84 valence electrons. The lowest BCUT2D eigenvalue weighted by Gasteiger charge is -2.26. The zero-order chi connectivity index (χ0) is 11.1. The second kappa shape index (κ2) is 7.09. The first-order chi connectivity index (χ1) is 6.61. The van der Waals surface area contributed by atoms with E-state index in [1.807, 2.05) is 13.8 Å². The first kappa shape index (κ1) is 13.7. The maximum absolute atomic E-state index is 2.48. The van der Waals surface area contributed by atoms with Crippen LogP contribution < -0.4 is 0 Å². The van der Waals surface area contributed by atoms with Crippen LogP contribution in [0.2, 0.25) is 0 Å². The van der Waals surface area contributed by atoms with Crippen LogP contribution in [0, 0.1) is 17.8 Å². The number of hydrogen-bond acceptors (Lipinski definition) is 0. The van der Waals surface area contributed by atoms with Crippen molar-refractivity contribution in [2.45, 2.75) is 60.8 Å². The van der Waals surface area contributed by atoms with Crippen LogP contribution in [0.1, 0.15) is 60.8 Å². The van der Waals surface area contributed by atoms with Gasteiger partial charge in [0.2, 0.25) is 0 Å². The number of allylic oxidation sites excluding steroid dienone is 2. The normalized spacial score (nSPS) is 21.7. The molecule has 0 nitrogen and oxygen atoms in total. The monoisotopic (exact) mass is 196 g/mol. The Hall–Kier alpha value is -0.260. The molecule has 1 rings (SSSR count). The Morgan fingerprint density at radius 2 is 1.71 bits per heavy atom. The van der Waals surface area contributed by atoms with E-state index in [1.165, 1.54) is 19.3 Å². The van der Waals surface area contributed by atoms with E-state index >= 15 is 0 Å². The molecule has 0 aromatic carbocycles. The molecule has 1 aliphatic carbocycles. The molecule has 0 aromatic rings. The fourth-order valence-electron chi connectivity index (χ4n) is 2.00. The van der Waals surface area contributed by atoms with Crippen molar-refractivity contribution in [2.75, 3.05) is 0 Å². The Bertz CT molecular complexity index is 163. The molecule has 0 radical (unpaired) electrons. The topological polar surface area (TPSA) is 0 Å². The highest BCUT2D eigenvalue weighted by Gasteiger charge is 2.18. The highest BCUT2D eigenvalue weighted by molar-refractivity contribution is 5.08. The molecule has 0 saturated heterocycles. The molecule has 0 N–H and O–H groups in total. The minimum Gasteiger partial charge on any atom is -0.0848 e. The van der Waals surface area contributed by atoms with Gasteiger partial charge in [0.05, 0.1) is 0 Å². The van der Waals surface area contributed by atoms with Gasteiger partial charge in [0, 0.05) is 0 Å². The zero-order valence-electron chi connectivity index (χ0n) is 10.9. The van der Waals surface area contributed by atoms with Gasteiger partial charge in [0.25, 0.3) is 0 Å². The number of hydrogen-bond donors (Lipinski definition) is 0. The van der Waals surface area contributed by atoms with E-state index in [4.69, 9.17) is 0 Å². The SMILES string of the molecule is CC.CC(C)C1=CCC(C(C)C)CC1. The summed E-state index contributed by atoms with van der Waals surface area (Å²) in [4.78, 5) is 0.